The number of anilines is 1. The molecule has 144 valence electrons. The minimum absolute atomic E-state index is 0.264. The predicted octanol–water partition coefficient (Wildman–Crippen LogP) is 1.49. The van der Waals surface area contributed by atoms with Gasteiger partial charge in [0.2, 0.25) is 10.0 Å². The van der Waals surface area contributed by atoms with Crippen molar-refractivity contribution in [2.45, 2.75) is 43.6 Å². The smallest absolute Gasteiger partial charge is 0.254 e. The van der Waals surface area contributed by atoms with Crippen molar-refractivity contribution in [2.24, 2.45) is 0 Å². The minimum Gasteiger partial charge on any atom is -0.366 e. The van der Waals surface area contributed by atoms with Gasteiger partial charge in [-0.2, -0.15) is 4.31 Å². The molecule has 0 radical (unpaired) electrons. The molecule has 0 aromatic heterocycles. The van der Waals surface area contributed by atoms with Crippen LogP contribution < -0.4 is 10.6 Å². The molecule has 1 amide bonds. The Bertz CT molecular complexity index is 737. The number of nitrogens with zero attached hydrogens (tertiary/aromatic N) is 1. The van der Waals surface area contributed by atoms with Gasteiger partial charge in [0, 0.05) is 31.9 Å². The van der Waals surface area contributed by atoms with Gasteiger partial charge in [-0.15, -0.1) is 0 Å². The van der Waals surface area contributed by atoms with Crippen molar-refractivity contribution in [1.29, 1.82) is 0 Å². The Balaban J connectivity index is 1.79. The summed E-state index contributed by atoms with van der Waals surface area (Å²) in [5, 5.41) is 5.89. The number of hydrogen-bond acceptors (Lipinski definition) is 5. The Morgan fingerprint density at radius 3 is 2.62 bits per heavy atom. The molecule has 1 aromatic rings. The van der Waals surface area contributed by atoms with Crippen LogP contribution in [0.3, 0.4) is 0 Å². The largest absolute Gasteiger partial charge is 0.366 e. The number of carbonyl (C=O) groups excluding carboxylic acids is 1. The number of sulfonamides is 1. The summed E-state index contributed by atoms with van der Waals surface area (Å²) >= 11 is 0. The third kappa shape index (κ3) is 4.43. The van der Waals surface area contributed by atoms with E-state index >= 15 is 0 Å². The Labute approximate surface area is 155 Å². The van der Waals surface area contributed by atoms with Gasteiger partial charge < -0.3 is 15.4 Å². The van der Waals surface area contributed by atoms with Gasteiger partial charge in [-0.3, -0.25) is 4.79 Å². The molecule has 0 spiro atoms. The second kappa shape index (κ2) is 8.47. The Morgan fingerprint density at radius 1 is 1.23 bits per heavy atom. The molecule has 8 heteroatoms. The number of benzene rings is 1. The number of ether oxygens (including phenoxy) is 1. The van der Waals surface area contributed by atoms with E-state index in [9.17, 15) is 13.2 Å². The van der Waals surface area contributed by atoms with Crippen molar-refractivity contribution in [3.05, 3.63) is 23.8 Å². The van der Waals surface area contributed by atoms with Crippen molar-refractivity contribution in [3.63, 3.8) is 0 Å². The van der Waals surface area contributed by atoms with Gasteiger partial charge in [0.05, 0.1) is 11.5 Å². The first-order valence-corrected chi connectivity index (χ1v) is 10.7. The number of hydrogen-bond donors (Lipinski definition) is 2. The van der Waals surface area contributed by atoms with Crippen molar-refractivity contribution < 1.29 is 17.9 Å². The minimum atomic E-state index is -3.56. The molecule has 0 bridgehead atoms. The average molecular weight is 381 g/mol. The summed E-state index contributed by atoms with van der Waals surface area (Å²) in [4.78, 5) is 12.6. The summed E-state index contributed by atoms with van der Waals surface area (Å²) in [5.41, 5.74) is 1.16. The second-order valence-corrected chi connectivity index (χ2v) is 8.76. The number of carbonyl (C=O) groups is 1. The molecule has 2 aliphatic heterocycles. The number of morpholine rings is 1. The maximum atomic E-state index is 13.1. The predicted molar refractivity (Wildman–Crippen MR) is 99.6 cm³/mol. The maximum Gasteiger partial charge on any atom is 0.254 e. The van der Waals surface area contributed by atoms with E-state index in [0.717, 1.165) is 32.2 Å². The molecule has 1 atom stereocenters. The third-order valence-corrected chi connectivity index (χ3v) is 6.90. The van der Waals surface area contributed by atoms with E-state index in [4.69, 9.17) is 4.74 Å². The number of aryl methyl sites for hydroxylation is 1. The van der Waals surface area contributed by atoms with Crippen molar-refractivity contribution >= 4 is 21.6 Å². The lowest BCUT2D eigenvalue weighted by atomic mass is 10.2. The van der Waals surface area contributed by atoms with Gasteiger partial charge in [-0.05, 0) is 37.5 Å². The third-order valence-electron chi connectivity index (χ3n) is 4.86. The Kier molecular flexibility index (Phi) is 6.29. The molecule has 2 aliphatic rings. The van der Waals surface area contributed by atoms with E-state index in [1.165, 1.54) is 0 Å². The molecule has 1 aromatic carbocycles. The molecule has 2 saturated heterocycles. The fraction of sp³-hybridized carbons (Fsp3) is 0.611. The normalized spacial score (nSPS) is 22.6. The van der Waals surface area contributed by atoms with Crippen LogP contribution in [0.25, 0.3) is 0 Å². The highest BCUT2D eigenvalue weighted by Crippen LogP contribution is 2.26. The highest BCUT2D eigenvalue weighted by Gasteiger charge is 2.28. The fourth-order valence-electron chi connectivity index (χ4n) is 3.33. The van der Waals surface area contributed by atoms with E-state index < -0.39 is 16.1 Å². The van der Waals surface area contributed by atoms with E-state index in [1.807, 2.05) is 0 Å². The van der Waals surface area contributed by atoms with Crippen LogP contribution in [0.5, 0.6) is 0 Å². The first-order valence-electron chi connectivity index (χ1n) is 9.22. The van der Waals surface area contributed by atoms with Gasteiger partial charge in [0.1, 0.15) is 6.10 Å². The standard InChI is InChI=1S/C18H27N3O4S/c1-14-6-7-15(20-18(22)16-13-19-8-11-25-16)12-17(14)26(23,24)21-9-4-2-3-5-10-21/h6-7,12,16,19H,2-5,8-11,13H2,1H3,(H,20,22). The van der Waals surface area contributed by atoms with Crippen molar-refractivity contribution in [1.82, 2.24) is 9.62 Å². The molecular formula is C18H27N3O4S. The lowest BCUT2D eigenvalue weighted by Gasteiger charge is -2.23. The van der Waals surface area contributed by atoms with Crippen LogP contribution in [0.2, 0.25) is 0 Å². The second-order valence-electron chi connectivity index (χ2n) is 6.85. The number of amides is 1. The van der Waals surface area contributed by atoms with Crippen LogP contribution >= 0.6 is 0 Å². The van der Waals surface area contributed by atoms with Crippen LogP contribution in [0.1, 0.15) is 31.2 Å². The monoisotopic (exact) mass is 381 g/mol. The first-order chi connectivity index (χ1) is 12.5. The van der Waals surface area contributed by atoms with Crippen LogP contribution in [-0.2, 0) is 19.6 Å². The van der Waals surface area contributed by atoms with Crippen LogP contribution in [-0.4, -0.2) is 57.5 Å². The summed E-state index contributed by atoms with van der Waals surface area (Å²) < 4.78 is 33.2. The zero-order valence-corrected chi connectivity index (χ0v) is 16.0. The van der Waals surface area contributed by atoms with Gasteiger partial charge >= 0.3 is 0 Å². The van der Waals surface area contributed by atoms with Crippen LogP contribution in [0.15, 0.2) is 23.1 Å². The molecule has 2 fully saturated rings. The summed E-state index contributed by atoms with van der Waals surface area (Å²) in [5.74, 6) is -0.265. The zero-order chi connectivity index (χ0) is 18.6. The topological polar surface area (TPSA) is 87.7 Å². The van der Waals surface area contributed by atoms with Gasteiger partial charge in [0.15, 0.2) is 0 Å². The molecule has 2 N–H and O–H groups in total. The molecule has 0 saturated carbocycles. The first kappa shape index (κ1) is 19.3. The molecule has 2 heterocycles. The molecule has 0 aliphatic carbocycles. The molecule has 3 rings (SSSR count). The summed E-state index contributed by atoms with van der Waals surface area (Å²) in [6, 6.07) is 5.02. The maximum absolute atomic E-state index is 13.1. The quantitative estimate of drug-likeness (QED) is 0.825. The summed E-state index contributed by atoms with van der Waals surface area (Å²) in [7, 11) is -3.56. The molecule has 7 nitrogen and oxygen atoms in total. The molecule has 26 heavy (non-hydrogen) atoms. The zero-order valence-electron chi connectivity index (χ0n) is 15.2. The highest BCUT2D eigenvalue weighted by molar-refractivity contribution is 7.89. The van der Waals surface area contributed by atoms with E-state index in [2.05, 4.69) is 10.6 Å². The van der Waals surface area contributed by atoms with Gasteiger partial charge in [-0.25, -0.2) is 8.42 Å². The Hall–Kier alpha value is -1.48. The van der Waals surface area contributed by atoms with Gasteiger partial charge in [0.25, 0.3) is 5.91 Å². The van der Waals surface area contributed by atoms with Gasteiger partial charge in [-0.1, -0.05) is 18.9 Å². The summed E-state index contributed by atoms with van der Waals surface area (Å²) in [6.07, 6.45) is 3.35. The highest BCUT2D eigenvalue weighted by atomic mass is 32.2. The fourth-order valence-corrected chi connectivity index (χ4v) is 5.10. The average Bonchev–Trinajstić information content (AvgIpc) is 2.94. The summed E-state index contributed by atoms with van der Waals surface area (Å²) in [6.45, 7) is 4.56. The van der Waals surface area contributed by atoms with Crippen molar-refractivity contribution in [2.75, 3.05) is 38.1 Å². The molecular weight excluding hydrogens is 354 g/mol. The van der Waals surface area contributed by atoms with E-state index in [1.54, 1.807) is 29.4 Å². The molecule has 1 unspecified atom stereocenters. The van der Waals surface area contributed by atoms with Crippen LogP contribution in [0.4, 0.5) is 5.69 Å². The van der Waals surface area contributed by atoms with E-state index in [-0.39, 0.29) is 10.8 Å². The lowest BCUT2D eigenvalue weighted by molar-refractivity contribution is -0.128. The van der Waals surface area contributed by atoms with Crippen molar-refractivity contribution in [3.8, 4) is 0 Å². The Morgan fingerprint density at radius 2 is 1.96 bits per heavy atom. The van der Waals surface area contributed by atoms with Crippen LogP contribution in [0, 0.1) is 6.92 Å². The van der Waals surface area contributed by atoms with E-state index in [0.29, 0.717) is 37.5 Å². The SMILES string of the molecule is Cc1ccc(NC(=O)C2CNCCO2)cc1S(=O)(=O)N1CCCCCC1. The number of nitrogens with one attached hydrogen (secondary N) is 2. The number of rotatable bonds is 4. The lowest BCUT2D eigenvalue weighted by Crippen LogP contribution is -2.45.